The summed E-state index contributed by atoms with van der Waals surface area (Å²) in [5.74, 6) is -0.451. The molecule has 0 radical (unpaired) electrons. The molecular formula is C31H39N3O4S. The number of hydrogen-bond acceptors (Lipinski definition) is 4. The first-order chi connectivity index (χ1) is 18.6. The van der Waals surface area contributed by atoms with E-state index in [1.165, 1.54) is 17.0 Å². The van der Waals surface area contributed by atoms with E-state index in [0.717, 1.165) is 21.0 Å². The number of hydrogen-bond donors (Lipinski definition) is 1. The predicted molar refractivity (Wildman–Crippen MR) is 156 cm³/mol. The lowest BCUT2D eigenvalue weighted by molar-refractivity contribution is -0.140. The Hall–Kier alpha value is -3.65. The molecule has 0 aliphatic carbocycles. The molecule has 0 heterocycles. The fourth-order valence-electron chi connectivity index (χ4n) is 4.38. The summed E-state index contributed by atoms with van der Waals surface area (Å²) in [5.41, 5.74) is 3.39. The topological polar surface area (TPSA) is 86.8 Å². The Morgan fingerprint density at radius 2 is 1.49 bits per heavy atom. The van der Waals surface area contributed by atoms with Gasteiger partial charge in [0.1, 0.15) is 12.6 Å². The number of rotatable bonds is 12. The highest BCUT2D eigenvalue weighted by Crippen LogP contribution is 2.27. The maximum Gasteiger partial charge on any atom is 0.264 e. The van der Waals surface area contributed by atoms with Gasteiger partial charge in [0.2, 0.25) is 11.8 Å². The van der Waals surface area contributed by atoms with Crippen LogP contribution < -0.4 is 9.62 Å². The number of nitrogens with one attached hydrogen (secondary N) is 1. The lowest BCUT2D eigenvalue weighted by Gasteiger charge is -2.33. The lowest BCUT2D eigenvalue weighted by Crippen LogP contribution is -2.52. The predicted octanol–water partition coefficient (Wildman–Crippen LogP) is 5.26. The van der Waals surface area contributed by atoms with Gasteiger partial charge in [0.25, 0.3) is 10.0 Å². The molecule has 0 aromatic heterocycles. The Labute approximate surface area is 232 Å². The van der Waals surface area contributed by atoms with Gasteiger partial charge in [0.05, 0.1) is 10.6 Å². The normalized spacial score (nSPS) is 12.2. The molecule has 0 aliphatic rings. The zero-order valence-electron chi connectivity index (χ0n) is 23.4. The average molecular weight is 550 g/mol. The van der Waals surface area contributed by atoms with Crippen LogP contribution in [-0.2, 0) is 26.2 Å². The molecular weight excluding hydrogens is 510 g/mol. The summed E-state index contributed by atoms with van der Waals surface area (Å²) >= 11 is 0. The van der Waals surface area contributed by atoms with E-state index >= 15 is 0 Å². The minimum absolute atomic E-state index is 0.0894. The third kappa shape index (κ3) is 7.47. The van der Waals surface area contributed by atoms with Gasteiger partial charge in [0, 0.05) is 13.1 Å². The molecule has 0 spiro atoms. The van der Waals surface area contributed by atoms with Crippen LogP contribution in [0, 0.1) is 6.92 Å². The first-order valence-corrected chi connectivity index (χ1v) is 14.8. The SMILES string of the molecule is CCNC(=O)[C@H](CC)N(Cc1ccc(C)cc1)C(=O)CN(c1ccc(C(C)C)cc1)S(=O)(=O)c1ccccc1. The van der Waals surface area contributed by atoms with Crippen molar-refractivity contribution in [3.63, 3.8) is 0 Å². The van der Waals surface area contributed by atoms with E-state index < -0.39 is 28.5 Å². The van der Waals surface area contributed by atoms with Crippen LogP contribution in [0.25, 0.3) is 0 Å². The summed E-state index contributed by atoms with van der Waals surface area (Å²) in [6.45, 7) is 9.94. The van der Waals surface area contributed by atoms with Crippen LogP contribution in [0.3, 0.4) is 0 Å². The summed E-state index contributed by atoms with van der Waals surface area (Å²) in [6, 6.07) is 22.3. The number of benzene rings is 3. The fourth-order valence-corrected chi connectivity index (χ4v) is 5.81. The van der Waals surface area contributed by atoms with Gasteiger partial charge in [-0.05, 0) is 61.6 Å². The molecule has 1 N–H and O–H groups in total. The van der Waals surface area contributed by atoms with Crippen molar-refractivity contribution in [3.8, 4) is 0 Å². The Bertz CT molecular complexity index is 1340. The lowest BCUT2D eigenvalue weighted by atomic mass is 10.0. The summed E-state index contributed by atoms with van der Waals surface area (Å²) in [7, 11) is -4.07. The molecule has 0 saturated carbocycles. The van der Waals surface area contributed by atoms with Gasteiger partial charge < -0.3 is 10.2 Å². The molecule has 39 heavy (non-hydrogen) atoms. The van der Waals surface area contributed by atoms with Gasteiger partial charge >= 0.3 is 0 Å². The third-order valence-corrected chi connectivity index (χ3v) is 8.46. The van der Waals surface area contributed by atoms with Gasteiger partial charge in [-0.15, -0.1) is 0 Å². The molecule has 1 atom stereocenters. The van der Waals surface area contributed by atoms with E-state index in [2.05, 4.69) is 19.2 Å². The minimum Gasteiger partial charge on any atom is -0.355 e. The molecule has 3 aromatic carbocycles. The van der Waals surface area contributed by atoms with E-state index in [9.17, 15) is 18.0 Å². The molecule has 0 fully saturated rings. The van der Waals surface area contributed by atoms with Crippen molar-refractivity contribution >= 4 is 27.5 Å². The van der Waals surface area contributed by atoms with E-state index in [1.54, 1.807) is 30.3 Å². The van der Waals surface area contributed by atoms with E-state index in [0.29, 0.717) is 18.7 Å². The quantitative estimate of drug-likeness (QED) is 0.334. The van der Waals surface area contributed by atoms with E-state index in [1.807, 2.05) is 57.2 Å². The number of anilines is 1. The van der Waals surface area contributed by atoms with Gasteiger partial charge in [-0.2, -0.15) is 0 Å². The second kappa shape index (κ2) is 13.4. The molecule has 0 bridgehead atoms. The maximum absolute atomic E-state index is 14.0. The molecule has 7 nitrogen and oxygen atoms in total. The minimum atomic E-state index is -4.07. The Balaban J connectivity index is 2.05. The number of likely N-dealkylation sites (N-methyl/N-ethyl adjacent to an activating group) is 1. The second-order valence-electron chi connectivity index (χ2n) is 9.90. The third-order valence-electron chi connectivity index (χ3n) is 6.67. The number of nitrogens with zero attached hydrogens (tertiary/aromatic N) is 2. The van der Waals surface area contributed by atoms with Crippen molar-refractivity contribution in [3.05, 3.63) is 95.6 Å². The molecule has 208 valence electrons. The van der Waals surface area contributed by atoms with Gasteiger partial charge in [-0.25, -0.2) is 8.42 Å². The van der Waals surface area contributed by atoms with Crippen molar-refractivity contribution in [2.75, 3.05) is 17.4 Å². The molecule has 0 unspecified atom stereocenters. The molecule has 3 rings (SSSR count). The summed E-state index contributed by atoms with van der Waals surface area (Å²) in [5, 5.41) is 2.82. The average Bonchev–Trinajstić information content (AvgIpc) is 2.93. The van der Waals surface area contributed by atoms with Crippen LogP contribution in [0.5, 0.6) is 0 Å². The first-order valence-electron chi connectivity index (χ1n) is 13.4. The highest BCUT2D eigenvalue weighted by atomic mass is 32.2. The summed E-state index contributed by atoms with van der Waals surface area (Å²) in [6.07, 6.45) is 0.387. The zero-order chi connectivity index (χ0) is 28.6. The monoisotopic (exact) mass is 549 g/mol. The van der Waals surface area contributed by atoms with Crippen LogP contribution >= 0.6 is 0 Å². The van der Waals surface area contributed by atoms with Crippen LogP contribution in [0.15, 0.2) is 83.8 Å². The van der Waals surface area contributed by atoms with E-state index in [4.69, 9.17) is 0 Å². The van der Waals surface area contributed by atoms with E-state index in [-0.39, 0.29) is 23.3 Å². The maximum atomic E-state index is 14.0. The summed E-state index contributed by atoms with van der Waals surface area (Å²) < 4.78 is 28.9. The van der Waals surface area contributed by atoms with Crippen molar-refractivity contribution < 1.29 is 18.0 Å². The molecule has 3 aromatic rings. The molecule has 2 amide bonds. The van der Waals surface area contributed by atoms with Crippen LogP contribution in [-0.4, -0.2) is 44.3 Å². The smallest absolute Gasteiger partial charge is 0.264 e. The first kappa shape index (κ1) is 29.9. The van der Waals surface area contributed by atoms with Crippen molar-refractivity contribution in [1.82, 2.24) is 10.2 Å². The van der Waals surface area contributed by atoms with Gasteiger partial charge in [-0.3, -0.25) is 13.9 Å². The Kier molecular flexibility index (Phi) is 10.3. The molecule has 0 aliphatic heterocycles. The number of carbonyl (C=O) groups excluding carboxylic acids is 2. The highest BCUT2D eigenvalue weighted by Gasteiger charge is 2.33. The van der Waals surface area contributed by atoms with Crippen molar-refractivity contribution in [1.29, 1.82) is 0 Å². The number of carbonyl (C=O) groups is 2. The number of amides is 2. The Morgan fingerprint density at radius 1 is 0.872 bits per heavy atom. The number of aryl methyl sites for hydroxylation is 1. The van der Waals surface area contributed by atoms with Crippen LogP contribution in [0.4, 0.5) is 5.69 Å². The summed E-state index contributed by atoms with van der Waals surface area (Å²) in [4.78, 5) is 28.6. The Morgan fingerprint density at radius 3 is 2.03 bits per heavy atom. The standard InChI is InChI=1S/C31H39N3O4S/c1-6-29(31(36)32-7-2)33(21-25-15-13-24(5)14-16-25)30(35)22-34(27-19-17-26(18-20-27)23(3)4)39(37,38)28-11-9-8-10-12-28/h8-20,23,29H,6-7,21-22H2,1-5H3,(H,32,36)/t29-/m0/s1. The van der Waals surface area contributed by atoms with Crippen LogP contribution in [0.1, 0.15) is 56.7 Å². The number of sulfonamides is 1. The highest BCUT2D eigenvalue weighted by molar-refractivity contribution is 7.92. The van der Waals surface area contributed by atoms with Gasteiger partial charge in [-0.1, -0.05) is 80.9 Å². The van der Waals surface area contributed by atoms with Crippen molar-refractivity contribution in [2.45, 2.75) is 64.4 Å². The molecule has 8 heteroatoms. The molecule has 0 saturated heterocycles. The van der Waals surface area contributed by atoms with Crippen LogP contribution in [0.2, 0.25) is 0 Å². The fraction of sp³-hybridized carbons (Fsp3) is 0.355. The van der Waals surface area contributed by atoms with Gasteiger partial charge in [0.15, 0.2) is 0 Å². The second-order valence-corrected chi connectivity index (χ2v) is 11.8. The van der Waals surface area contributed by atoms with Crippen molar-refractivity contribution in [2.24, 2.45) is 0 Å². The largest absolute Gasteiger partial charge is 0.355 e. The zero-order valence-corrected chi connectivity index (χ0v) is 24.2.